The fourth-order valence-corrected chi connectivity index (χ4v) is 3.91. The molecule has 0 spiro atoms. The number of piperidine rings is 1. The number of pyridine rings is 1. The molecule has 3 heterocycles. The van der Waals surface area contributed by atoms with Crippen LogP contribution in [0.3, 0.4) is 0 Å². The van der Waals surface area contributed by atoms with Crippen LogP contribution < -0.4 is 4.74 Å². The third-order valence-electron chi connectivity index (χ3n) is 5.55. The maximum Gasteiger partial charge on any atom is 0.290 e. The van der Waals surface area contributed by atoms with Crippen molar-refractivity contribution in [2.75, 3.05) is 13.7 Å². The molecule has 29 heavy (non-hydrogen) atoms. The van der Waals surface area contributed by atoms with Gasteiger partial charge < -0.3 is 14.2 Å². The van der Waals surface area contributed by atoms with E-state index in [1.54, 1.807) is 17.9 Å². The Morgan fingerprint density at radius 2 is 1.97 bits per heavy atom. The Hall–Kier alpha value is -3.15. The molecule has 1 fully saturated rings. The van der Waals surface area contributed by atoms with Gasteiger partial charge in [0.15, 0.2) is 5.82 Å². The normalized spacial score (nSPS) is 16.6. The maximum absolute atomic E-state index is 13.0. The molecule has 6 heteroatoms. The van der Waals surface area contributed by atoms with Crippen LogP contribution in [0, 0.1) is 0 Å². The van der Waals surface area contributed by atoms with Crippen molar-refractivity contribution in [2.45, 2.75) is 31.7 Å². The van der Waals surface area contributed by atoms with Crippen LogP contribution >= 0.6 is 0 Å². The van der Waals surface area contributed by atoms with Crippen molar-refractivity contribution >= 4 is 5.91 Å². The second-order valence-electron chi connectivity index (χ2n) is 7.48. The number of rotatable bonds is 5. The third kappa shape index (κ3) is 4.16. The van der Waals surface area contributed by atoms with Crippen molar-refractivity contribution < 1.29 is 9.53 Å². The molecule has 2 aromatic heterocycles. The SMILES string of the molecule is COc1ccc(Cc2ccc(C3CCCCN3C(=O)c3nccn3C)cn2)cc1. The average molecular weight is 390 g/mol. The van der Waals surface area contributed by atoms with E-state index in [1.807, 2.05) is 36.5 Å². The molecular weight excluding hydrogens is 364 g/mol. The third-order valence-corrected chi connectivity index (χ3v) is 5.55. The van der Waals surface area contributed by atoms with E-state index < -0.39 is 0 Å². The first kappa shape index (κ1) is 19.2. The number of amides is 1. The Morgan fingerprint density at radius 1 is 1.14 bits per heavy atom. The molecule has 1 unspecified atom stereocenters. The maximum atomic E-state index is 13.0. The molecule has 1 saturated heterocycles. The Morgan fingerprint density at radius 3 is 2.62 bits per heavy atom. The molecule has 4 rings (SSSR count). The van der Waals surface area contributed by atoms with Crippen LogP contribution in [-0.4, -0.2) is 39.0 Å². The van der Waals surface area contributed by atoms with E-state index in [4.69, 9.17) is 4.74 Å². The zero-order chi connectivity index (χ0) is 20.2. The fourth-order valence-electron chi connectivity index (χ4n) is 3.91. The summed E-state index contributed by atoms with van der Waals surface area (Å²) in [6.45, 7) is 0.754. The van der Waals surface area contributed by atoms with Crippen molar-refractivity contribution in [1.82, 2.24) is 19.4 Å². The topological polar surface area (TPSA) is 60.2 Å². The van der Waals surface area contributed by atoms with Crippen LogP contribution in [0.4, 0.5) is 0 Å². The molecule has 1 aromatic carbocycles. The van der Waals surface area contributed by atoms with E-state index in [-0.39, 0.29) is 11.9 Å². The zero-order valence-electron chi connectivity index (χ0n) is 16.9. The van der Waals surface area contributed by atoms with Gasteiger partial charge in [0.2, 0.25) is 0 Å². The number of aryl methyl sites for hydroxylation is 1. The molecule has 0 radical (unpaired) electrons. The van der Waals surface area contributed by atoms with Crippen molar-refractivity contribution in [3.63, 3.8) is 0 Å². The Labute approximate surface area is 171 Å². The lowest BCUT2D eigenvalue weighted by Crippen LogP contribution is -2.39. The minimum atomic E-state index is -0.00971. The number of methoxy groups -OCH3 is 1. The molecule has 150 valence electrons. The number of hydrogen-bond donors (Lipinski definition) is 0. The Kier molecular flexibility index (Phi) is 5.60. The number of likely N-dealkylation sites (tertiary alicyclic amines) is 1. The van der Waals surface area contributed by atoms with Gasteiger partial charge in [-0.3, -0.25) is 9.78 Å². The molecule has 0 bridgehead atoms. The van der Waals surface area contributed by atoms with Crippen LogP contribution in [0.2, 0.25) is 0 Å². The predicted molar refractivity (Wildman–Crippen MR) is 111 cm³/mol. The monoisotopic (exact) mass is 390 g/mol. The number of carbonyl (C=O) groups excluding carboxylic acids is 1. The zero-order valence-corrected chi connectivity index (χ0v) is 16.9. The molecule has 1 aliphatic heterocycles. The number of ether oxygens (including phenoxy) is 1. The smallest absolute Gasteiger partial charge is 0.290 e. The van der Waals surface area contributed by atoms with E-state index in [9.17, 15) is 4.79 Å². The summed E-state index contributed by atoms with van der Waals surface area (Å²) in [5.41, 5.74) is 3.29. The van der Waals surface area contributed by atoms with Gasteiger partial charge in [-0.25, -0.2) is 4.98 Å². The lowest BCUT2D eigenvalue weighted by Gasteiger charge is -2.35. The summed E-state index contributed by atoms with van der Waals surface area (Å²) in [6, 6.07) is 12.3. The summed E-state index contributed by atoms with van der Waals surface area (Å²) in [5.74, 6) is 1.33. The van der Waals surface area contributed by atoms with Crippen molar-refractivity contribution in [2.24, 2.45) is 7.05 Å². The van der Waals surface area contributed by atoms with Gasteiger partial charge in [-0.2, -0.15) is 0 Å². The van der Waals surface area contributed by atoms with Gasteiger partial charge >= 0.3 is 0 Å². The summed E-state index contributed by atoms with van der Waals surface area (Å²) >= 11 is 0. The van der Waals surface area contributed by atoms with Gasteiger partial charge in [-0.1, -0.05) is 18.2 Å². The summed E-state index contributed by atoms with van der Waals surface area (Å²) in [4.78, 5) is 23.9. The van der Waals surface area contributed by atoms with Crippen LogP contribution in [0.5, 0.6) is 5.75 Å². The molecule has 3 aromatic rings. The number of carbonyl (C=O) groups is 1. The van der Waals surface area contributed by atoms with Gasteiger partial charge in [0, 0.05) is 44.3 Å². The second kappa shape index (κ2) is 8.47. The van der Waals surface area contributed by atoms with Crippen molar-refractivity contribution in [3.05, 3.63) is 77.6 Å². The van der Waals surface area contributed by atoms with Gasteiger partial charge in [0.05, 0.1) is 13.2 Å². The minimum absolute atomic E-state index is 0.00971. The first-order valence-electron chi connectivity index (χ1n) is 10.0. The summed E-state index contributed by atoms with van der Waals surface area (Å²) in [5, 5.41) is 0. The molecule has 1 aliphatic rings. The standard InChI is InChI=1S/C23H26N4O2/c1-26-14-12-24-22(26)23(28)27-13-4-3-5-21(27)18-8-9-19(25-16-18)15-17-6-10-20(29-2)11-7-17/h6-12,14,16,21H,3-5,13,15H2,1-2H3. The van der Waals surface area contributed by atoms with Gasteiger partial charge in [-0.15, -0.1) is 0 Å². The highest BCUT2D eigenvalue weighted by molar-refractivity contribution is 5.91. The minimum Gasteiger partial charge on any atom is -0.497 e. The summed E-state index contributed by atoms with van der Waals surface area (Å²) in [7, 11) is 3.52. The first-order valence-corrected chi connectivity index (χ1v) is 10.0. The van der Waals surface area contributed by atoms with E-state index in [1.165, 1.54) is 5.56 Å². The molecular formula is C23H26N4O2. The quantitative estimate of drug-likeness (QED) is 0.665. The van der Waals surface area contributed by atoms with Gasteiger partial charge in [0.1, 0.15) is 5.75 Å². The van der Waals surface area contributed by atoms with Crippen LogP contribution in [0.15, 0.2) is 55.0 Å². The van der Waals surface area contributed by atoms with Crippen molar-refractivity contribution in [3.8, 4) is 5.75 Å². The number of nitrogens with zero attached hydrogens (tertiary/aromatic N) is 4. The number of aromatic nitrogens is 3. The van der Waals surface area contributed by atoms with E-state index in [0.717, 1.165) is 49.2 Å². The molecule has 1 atom stereocenters. The van der Waals surface area contributed by atoms with Crippen LogP contribution in [-0.2, 0) is 13.5 Å². The van der Waals surface area contributed by atoms with E-state index in [2.05, 4.69) is 34.2 Å². The fraction of sp³-hybridized carbons (Fsp3) is 0.348. The number of benzene rings is 1. The summed E-state index contributed by atoms with van der Waals surface area (Å²) in [6.07, 6.45) is 9.26. The van der Waals surface area contributed by atoms with Crippen LogP contribution in [0.1, 0.15) is 52.7 Å². The lowest BCUT2D eigenvalue weighted by molar-refractivity contribution is 0.0594. The van der Waals surface area contributed by atoms with Crippen LogP contribution in [0.25, 0.3) is 0 Å². The second-order valence-corrected chi connectivity index (χ2v) is 7.48. The molecule has 1 amide bonds. The number of hydrogen-bond acceptors (Lipinski definition) is 4. The Balaban J connectivity index is 1.50. The highest BCUT2D eigenvalue weighted by atomic mass is 16.5. The van der Waals surface area contributed by atoms with Crippen molar-refractivity contribution in [1.29, 1.82) is 0 Å². The van der Waals surface area contributed by atoms with Gasteiger partial charge in [0.25, 0.3) is 5.91 Å². The Bertz CT molecular complexity index is 963. The molecule has 0 aliphatic carbocycles. The van der Waals surface area contributed by atoms with E-state index >= 15 is 0 Å². The highest BCUT2D eigenvalue weighted by Gasteiger charge is 2.30. The first-order chi connectivity index (χ1) is 14.2. The predicted octanol–water partition coefficient (Wildman–Crippen LogP) is 3.78. The lowest BCUT2D eigenvalue weighted by atomic mass is 9.95. The summed E-state index contributed by atoms with van der Waals surface area (Å²) < 4.78 is 6.99. The van der Waals surface area contributed by atoms with E-state index in [0.29, 0.717) is 5.82 Å². The molecule has 6 nitrogen and oxygen atoms in total. The average Bonchev–Trinajstić information content (AvgIpc) is 3.20. The highest BCUT2D eigenvalue weighted by Crippen LogP contribution is 2.31. The number of imidazole rings is 1. The van der Waals surface area contributed by atoms with Gasteiger partial charge in [-0.05, 0) is 48.6 Å². The molecule has 0 N–H and O–H groups in total. The molecule has 0 saturated carbocycles. The largest absolute Gasteiger partial charge is 0.497 e.